The van der Waals surface area contributed by atoms with Crippen molar-refractivity contribution < 1.29 is 9.18 Å². The summed E-state index contributed by atoms with van der Waals surface area (Å²) < 4.78 is 13.0. The number of benzene rings is 1. The number of nitrogens with zero attached hydrogens (tertiary/aromatic N) is 1. The third kappa shape index (κ3) is 4.81. The molecule has 0 unspecified atom stereocenters. The molecule has 0 atom stereocenters. The molecule has 2 rings (SSSR count). The molecule has 0 radical (unpaired) electrons. The number of anilines is 1. The zero-order chi connectivity index (χ0) is 16.3. The van der Waals surface area contributed by atoms with Crippen molar-refractivity contribution in [2.24, 2.45) is 0 Å². The first-order valence-corrected chi connectivity index (χ1v) is 8.72. The summed E-state index contributed by atoms with van der Waals surface area (Å²) in [6, 6.07) is 6.20. The van der Waals surface area contributed by atoms with Gasteiger partial charge in [0.25, 0.3) is 0 Å². The maximum atomic E-state index is 13.0. The lowest BCUT2D eigenvalue weighted by atomic mass is 10.1. The van der Waals surface area contributed by atoms with Crippen LogP contribution in [-0.2, 0) is 4.79 Å². The Morgan fingerprint density at radius 3 is 2.55 bits per heavy atom. The van der Waals surface area contributed by atoms with Crippen molar-refractivity contribution in [3.63, 3.8) is 0 Å². The lowest BCUT2D eigenvalue weighted by molar-refractivity contribution is -0.113. The highest BCUT2D eigenvalue weighted by molar-refractivity contribution is 8.01. The lowest BCUT2D eigenvalue weighted by Crippen LogP contribution is -2.18. The van der Waals surface area contributed by atoms with Crippen molar-refractivity contribution in [1.29, 1.82) is 0 Å². The molecule has 2 aromatic rings. The Morgan fingerprint density at radius 2 is 1.95 bits per heavy atom. The molecule has 0 spiro atoms. The SMILES string of the molecule is Cc1sc(NC(=O)CSC(C)(C)C)nc1-c1ccc(F)cc1. The number of carbonyl (C=O) groups excluding carboxylic acids is 1. The topological polar surface area (TPSA) is 42.0 Å². The van der Waals surface area contributed by atoms with Gasteiger partial charge in [-0.15, -0.1) is 23.1 Å². The number of thioether (sulfide) groups is 1. The summed E-state index contributed by atoms with van der Waals surface area (Å²) in [5, 5.41) is 3.41. The summed E-state index contributed by atoms with van der Waals surface area (Å²) in [5.74, 6) is 0.0669. The molecule has 6 heteroatoms. The number of amides is 1. The van der Waals surface area contributed by atoms with Crippen molar-refractivity contribution in [3.8, 4) is 11.3 Å². The molecule has 0 aliphatic heterocycles. The van der Waals surface area contributed by atoms with E-state index in [2.05, 4.69) is 31.1 Å². The Kier molecular flexibility index (Phi) is 5.24. The van der Waals surface area contributed by atoms with Gasteiger partial charge in [-0.2, -0.15) is 0 Å². The molecular weight excluding hydrogens is 319 g/mol. The minimum atomic E-state index is -0.274. The van der Waals surface area contributed by atoms with Gasteiger partial charge >= 0.3 is 0 Å². The van der Waals surface area contributed by atoms with Crippen LogP contribution in [0.15, 0.2) is 24.3 Å². The molecule has 1 N–H and O–H groups in total. The lowest BCUT2D eigenvalue weighted by Gasteiger charge is -2.16. The summed E-state index contributed by atoms with van der Waals surface area (Å²) in [4.78, 5) is 17.4. The number of carbonyl (C=O) groups is 1. The first-order chi connectivity index (χ1) is 10.2. The van der Waals surface area contributed by atoms with Crippen LogP contribution in [0.1, 0.15) is 25.6 Å². The first kappa shape index (κ1) is 17.0. The molecule has 0 saturated carbocycles. The van der Waals surface area contributed by atoms with Crippen LogP contribution >= 0.6 is 23.1 Å². The van der Waals surface area contributed by atoms with Crippen LogP contribution in [0, 0.1) is 12.7 Å². The minimum Gasteiger partial charge on any atom is -0.301 e. The van der Waals surface area contributed by atoms with Crippen LogP contribution in [0.2, 0.25) is 0 Å². The molecule has 0 saturated heterocycles. The number of rotatable bonds is 4. The predicted molar refractivity (Wildman–Crippen MR) is 93.1 cm³/mol. The van der Waals surface area contributed by atoms with Gasteiger partial charge in [-0.1, -0.05) is 20.8 Å². The molecule has 0 aliphatic carbocycles. The molecule has 0 bridgehead atoms. The van der Waals surface area contributed by atoms with E-state index in [1.54, 1.807) is 23.9 Å². The number of hydrogen-bond donors (Lipinski definition) is 1. The second kappa shape index (κ2) is 6.79. The van der Waals surface area contributed by atoms with Crippen LogP contribution in [0.3, 0.4) is 0 Å². The minimum absolute atomic E-state index is 0.0510. The third-order valence-electron chi connectivity index (χ3n) is 2.80. The van der Waals surface area contributed by atoms with E-state index in [1.165, 1.54) is 23.5 Å². The zero-order valence-corrected chi connectivity index (χ0v) is 14.7. The number of aryl methyl sites for hydroxylation is 1. The van der Waals surface area contributed by atoms with Crippen molar-refractivity contribution in [2.45, 2.75) is 32.4 Å². The van der Waals surface area contributed by atoms with E-state index in [0.29, 0.717) is 10.9 Å². The van der Waals surface area contributed by atoms with Gasteiger partial charge in [0, 0.05) is 15.2 Å². The number of thiazole rings is 1. The second-order valence-corrected chi connectivity index (χ2v) is 8.89. The number of hydrogen-bond acceptors (Lipinski definition) is 4. The zero-order valence-electron chi connectivity index (χ0n) is 13.1. The highest BCUT2D eigenvalue weighted by Gasteiger charge is 2.15. The van der Waals surface area contributed by atoms with Crippen molar-refractivity contribution in [3.05, 3.63) is 35.0 Å². The van der Waals surface area contributed by atoms with Gasteiger partial charge in [0.1, 0.15) is 5.82 Å². The summed E-state index contributed by atoms with van der Waals surface area (Å²) >= 11 is 3.02. The predicted octanol–water partition coefficient (Wildman–Crippen LogP) is 4.73. The Hall–Kier alpha value is -1.40. The van der Waals surface area contributed by atoms with Gasteiger partial charge in [0.2, 0.25) is 5.91 Å². The van der Waals surface area contributed by atoms with Gasteiger partial charge in [-0.3, -0.25) is 4.79 Å². The summed E-state index contributed by atoms with van der Waals surface area (Å²) in [6.45, 7) is 8.16. The first-order valence-electron chi connectivity index (χ1n) is 6.92. The molecule has 22 heavy (non-hydrogen) atoms. The fourth-order valence-electron chi connectivity index (χ4n) is 1.76. The van der Waals surface area contributed by atoms with Crippen LogP contribution in [0.25, 0.3) is 11.3 Å². The van der Waals surface area contributed by atoms with Gasteiger partial charge in [0.15, 0.2) is 5.13 Å². The monoisotopic (exact) mass is 338 g/mol. The molecule has 1 amide bonds. The maximum Gasteiger partial charge on any atom is 0.236 e. The van der Waals surface area contributed by atoms with Gasteiger partial charge in [-0.25, -0.2) is 9.37 Å². The van der Waals surface area contributed by atoms with Crippen LogP contribution in [0.5, 0.6) is 0 Å². The Labute approximate surface area is 138 Å². The van der Waals surface area contributed by atoms with E-state index in [9.17, 15) is 9.18 Å². The van der Waals surface area contributed by atoms with Crippen molar-refractivity contribution >= 4 is 34.1 Å². The Bertz CT molecular complexity index is 660. The van der Waals surface area contributed by atoms with E-state index in [-0.39, 0.29) is 16.5 Å². The number of nitrogens with one attached hydrogen (secondary N) is 1. The number of aromatic nitrogens is 1. The molecule has 118 valence electrons. The molecule has 1 aromatic carbocycles. The average molecular weight is 338 g/mol. The largest absolute Gasteiger partial charge is 0.301 e. The fourth-order valence-corrected chi connectivity index (χ4v) is 3.25. The highest BCUT2D eigenvalue weighted by atomic mass is 32.2. The van der Waals surface area contributed by atoms with Crippen molar-refractivity contribution in [1.82, 2.24) is 4.98 Å². The molecule has 0 fully saturated rings. The van der Waals surface area contributed by atoms with Crippen LogP contribution in [0.4, 0.5) is 9.52 Å². The maximum absolute atomic E-state index is 13.0. The third-order valence-corrected chi connectivity index (χ3v) is 4.96. The van der Waals surface area contributed by atoms with E-state index < -0.39 is 0 Å². The fraction of sp³-hybridized carbons (Fsp3) is 0.375. The van der Waals surface area contributed by atoms with Crippen LogP contribution in [-0.4, -0.2) is 21.4 Å². The van der Waals surface area contributed by atoms with Gasteiger partial charge < -0.3 is 5.32 Å². The van der Waals surface area contributed by atoms with E-state index in [4.69, 9.17) is 0 Å². The van der Waals surface area contributed by atoms with Gasteiger partial charge in [0.05, 0.1) is 11.4 Å². The quantitative estimate of drug-likeness (QED) is 0.876. The summed E-state index contributed by atoms with van der Waals surface area (Å²) in [5.41, 5.74) is 1.63. The number of halogens is 1. The molecule has 1 aromatic heterocycles. The summed E-state index contributed by atoms with van der Waals surface area (Å²) in [7, 11) is 0. The van der Waals surface area contributed by atoms with Crippen LogP contribution < -0.4 is 5.32 Å². The van der Waals surface area contributed by atoms with E-state index in [1.807, 2.05) is 6.92 Å². The Morgan fingerprint density at radius 1 is 1.32 bits per heavy atom. The van der Waals surface area contributed by atoms with E-state index in [0.717, 1.165) is 16.1 Å². The van der Waals surface area contributed by atoms with Gasteiger partial charge in [-0.05, 0) is 31.2 Å². The standard InChI is InChI=1S/C16H19FN2OS2/c1-10-14(11-5-7-12(17)8-6-11)19-15(22-10)18-13(20)9-21-16(2,3)4/h5-8H,9H2,1-4H3,(H,18,19,20). The van der Waals surface area contributed by atoms with Crippen molar-refractivity contribution in [2.75, 3.05) is 11.1 Å². The summed E-state index contributed by atoms with van der Waals surface area (Å²) in [6.07, 6.45) is 0. The smallest absolute Gasteiger partial charge is 0.236 e. The highest BCUT2D eigenvalue weighted by Crippen LogP contribution is 2.31. The molecule has 3 nitrogen and oxygen atoms in total. The Balaban J connectivity index is 2.06. The second-order valence-electron chi connectivity index (χ2n) is 5.88. The van der Waals surface area contributed by atoms with E-state index >= 15 is 0 Å². The molecular formula is C16H19FN2OS2. The molecule has 0 aliphatic rings. The normalized spacial score (nSPS) is 11.5. The molecule has 1 heterocycles. The average Bonchev–Trinajstić information content (AvgIpc) is 2.77.